The van der Waals surface area contributed by atoms with E-state index in [9.17, 15) is 4.39 Å². The van der Waals surface area contributed by atoms with Gasteiger partial charge in [-0.05, 0) is 51.1 Å². The summed E-state index contributed by atoms with van der Waals surface area (Å²) in [5, 5.41) is 8.71. The molecule has 0 aliphatic heterocycles. The van der Waals surface area contributed by atoms with Gasteiger partial charge in [0.2, 0.25) is 0 Å². The first kappa shape index (κ1) is 16.7. The molecule has 0 heterocycles. The quantitative estimate of drug-likeness (QED) is 0.836. The van der Waals surface area contributed by atoms with Gasteiger partial charge >= 0.3 is 0 Å². The smallest absolute Gasteiger partial charge is 0.124 e. The van der Waals surface area contributed by atoms with Gasteiger partial charge < -0.3 is 5.11 Å². The summed E-state index contributed by atoms with van der Waals surface area (Å²) in [4.78, 5) is 2.21. The molecule has 0 amide bonds. The zero-order valence-electron chi connectivity index (χ0n) is 12.8. The number of hydrogen-bond acceptors (Lipinski definition) is 2. The molecule has 1 aromatic rings. The summed E-state index contributed by atoms with van der Waals surface area (Å²) >= 11 is 0. The van der Waals surface area contributed by atoms with Gasteiger partial charge in [-0.1, -0.05) is 18.8 Å². The van der Waals surface area contributed by atoms with E-state index in [1.807, 2.05) is 13.1 Å². The molecule has 1 aromatic carbocycles. The van der Waals surface area contributed by atoms with Gasteiger partial charge in [-0.3, -0.25) is 4.90 Å². The Kier molecular flexibility index (Phi) is 6.19. The molecule has 0 atom stereocenters. The van der Waals surface area contributed by atoms with Crippen molar-refractivity contribution in [3.05, 3.63) is 35.1 Å². The van der Waals surface area contributed by atoms with Crippen molar-refractivity contribution in [3.8, 4) is 11.8 Å². The summed E-state index contributed by atoms with van der Waals surface area (Å²) < 4.78 is 13.6. The lowest BCUT2D eigenvalue weighted by Gasteiger charge is -2.34. The van der Waals surface area contributed by atoms with Crippen molar-refractivity contribution in [2.75, 3.05) is 13.7 Å². The SMILES string of the molecule is CCC(C)(C)N(C)Cc1cc(F)cc(C#CCCO)c1. The van der Waals surface area contributed by atoms with E-state index in [0.29, 0.717) is 18.5 Å². The number of benzene rings is 1. The maximum absolute atomic E-state index is 13.6. The van der Waals surface area contributed by atoms with Crippen LogP contribution in [0.2, 0.25) is 0 Å². The van der Waals surface area contributed by atoms with Crippen LogP contribution in [0.4, 0.5) is 4.39 Å². The summed E-state index contributed by atoms with van der Waals surface area (Å²) in [7, 11) is 2.05. The summed E-state index contributed by atoms with van der Waals surface area (Å²) in [6.45, 7) is 7.21. The van der Waals surface area contributed by atoms with Crippen LogP contribution in [0.3, 0.4) is 0 Å². The third-order valence-electron chi connectivity index (χ3n) is 3.75. The van der Waals surface area contributed by atoms with E-state index < -0.39 is 0 Å². The molecule has 0 aliphatic carbocycles. The number of hydrogen-bond donors (Lipinski definition) is 1. The molecule has 20 heavy (non-hydrogen) atoms. The number of aliphatic hydroxyl groups excluding tert-OH is 1. The van der Waals surface area contributed by atoms with Gasteiger partial charge in [0.05, 0.1) is 6.61 Å². The Hall–Kier alpha value is -1.37. The Morgan fingerprint density at radius 2 is 2.00 bits per heavy atom. The van der Waals surface area contributed by atoms with E-state index in [4.69, 9.17) is 5.11 Å². The standard InChI is InChI=1S/C17H24FNO/c1-5-17(2,3)19(4)13-15-10-14(8-6-7-9-20)11-16(18)12-15/h10-12,20H,5,7,9,13H2,1-4H3. The lowest BCUT2D eigenvalue weighted by Crippen LogP contribution is -2.39. The molecule has 1 rings (SSSR count). The molecule has 0 spiro atoms. The van der Waals surface area contributed by atoms with Crippen LogP contribution in [-0.2, 0) is 6.54 Å². The molecular formula is C17H24FNO. The molecule has 0 unspecified atom stereocenters. The summed E-state index contributed by atoms with van der Waals surface area (Å²) in [5.41, 5.74) is 1.66. The topological polar surface area (TPSA) is 23.5 Å². The summed E-state index contributed by atoms with van der Waals surface area (Å²) in [6, 6.07) is 4.90. The molecule has 0 fully saturated rings. The molecule has 0 aromatic heterocycles. The fraction of sp³-hybridized carbons (Fsp3) is 0.529. The largest absolute Gasteiger partial charge is 0.395 e. The fourth-order valence-corrected chi connectivity index (χ4v) is 1.79. The van der Waals surface area contributed by atoms with Crippen LogP contribution in [-0.4, -0.2) is 29.2 Å². The van der Waals surface area contributed by atoms with Gasteiger partial charge in [-0.15, -0.1) is 0 Å². The highest BCUT2D eigenvalue weighted by molar-refractivity contribution is 5.37. The maximum Gasteiger partial charge on any atom is 0.124 e. The third kappa shape index (κ3) is 4.96. The highest BCUT2D eigenvalue weighted by Gasteiger charge is 2.21. The number of halogens is 1. The Bertz CT molecular complexity index is 499. The van der Waals surface area contributed by atoms with Crippen molar-refractivity contribution in [2.45, 2.75) is 45.7 Å². The van der Waals surface area contributed by atoms with Crippen molar-refractivity contribution in [2.24, 2.45) is 0 Å². The van der Waals surface area contributed by atoms with E-state index in [0.717, 1.165) is 12.0 Å². The van der Waals surface area contributed by atoms with Crippen LogP contribution in [0.25, 0.3) is 0 Å². The molecule has 1 N–H and O–H groups in total. The summed E-state index contributed by atoms with van der Waals surface area (Å²) in [5.74, 6) is 5.44. The van der Waals surface area contributed by atoms with Crippen LogP contribution in [0.5, 0.6) is 0 Å². The molecular weight excluding hydrogens is 253 g/mol. The Balaban J connectivity index is 2.89. The molecule has 0 radical (unpaired) electrons. The highest BCUT2D eigenvalue weighted by atomic mass is 19.1. The Morgan fingerprint density at radius 3 is 2.60 bits per heavy atom. The second-order valence-corrected chi connectivity index (χ2v) is 5.65. The molecule has 0 bridgehead atoms. The first-order valence-corrected chi connectivity index (χ1v) is 6.99. The van der Waals surface area contributed by atoms with Crippen LogP contribution in [0.15, 0.2) is 18.2 Å². The van der Waals surface area contributed by atoms with Gasteiger partial charge in [0.15, 0.2) is 0 Å². The molecule has 0 saturated heterocycles. The average Bonchev–Trinajstić information content (AvgIpc) is 2.38. The van der Waals surface area contributed by atoms with E-state index in [-0.39, 0.29) is 18.0 Å². The fourth-order valence-electron chi connectivity index (χ4n) is 1.79. The third-order valence-corrected chi connectivity index (χ3v) is 3.75. The second-order valence-electron chi connectivity index (χ2n) is 5.65. The van der Waals surface area contributed by atoms with Crippen molar-refractivity contribution < 1.29 is 9.50 Å². The minimum atomic E-state index is -0.265. The normalized spacial score (nSPS) is 11.3. The Labute approximate surface area is 121 Å². The van der Waals surface area contributed by atoms with Crippen LogP contribution >= 0.6 is 0 Å². The van der Waals surface area contributed by atoms with E-state index in [1.165, 1.54) is 6.07 Å². The van der Waals surface area contributed by atoms with Crippen LogP contribution in [0, 0.1) is 17.7 Å². The van der Waals surface area contributed by atoms with Gasteiger partial charge in [0, 0.05) is 24.1 Å². The molecule has 0 saturated carbocycles. The first-order chi connectivity index (χ1) is 9.39. The van der Waals surface area contributed by atoms with E-state index in [2.05, 4.69) is 37.5 Å². The van der Waals surface area contributed by atoms with Gasteiger partial charge in [0.1, 0.15) is 5.82 Å². The van der Waals surface area contributed by atoms with E-state index >= 15 is 0 Å². The van der Waals surface area contributed by atoms with E-state index in [1.54, 1.807) is 6.07 Å². The van der Waals surface area contributed by atoms with Crippen LogP contribution < -0.4 is 0 Å². The van der Waals surface area contributed by atoms with Gasteiger partial charge in [-0.2, -0.15) is 0 Å². The lowest BCUT2D eigenvalue weighted by molar-refractivity contribution is 0.143. The molecule has 110 valence electrons. The molecule has 0 aliphatic rings. The van der Waals surface area contributed by atoms with Crippen molar-refractivity contribution in [3.63, 3.8) is 0 Å². The highest BCUT2D eigenvalue weighted by Crippen LogP contribution is 2.20. The van der Waals surface area contributed by atoms with Crippen molar-refractivity contribution >= 4 is 0 Å². The Morgan fingerprint density at radius 1 is 1.30 bits per heavy atom. The van der Waals surface area contributed by atoms with Gasteiger partial charge in [-0.25, -0.2) is 4.39 Å². The molecule has 3 heteroatoms. The minimum absolute atomic E-state index is 0.0304. The zero-order chi connectivity index (χ0) is 15.2. The molecule has 2 nitrogen and oxygen atoms in total. The average molecular weight is 277 g/mol. The van der Waals surface area contributed by atoms with Crippen LogP contribution in [0.1, 0.15) is 44.7 Å². The maximum atomic E-state index is 13.6. The van der Waals surface area contributed by atoms with Crippen molar-refractivity contribution in [1.29, 1.82) is 0 Å². The van der Waals surface area contributed by atoms with Gasteiger partial charge in [0.25, 0.3) is 0 Å². The first-order valence-electron chi connectivity index (χ1n) is 6.99. The number of nitrogens with zero attached hydrogens (tertiary/aromatic N) is 1. The minimum Gasteiger partial charge on any atom is -0.395 e. The summed E-state index contributed by atoms with van der Waals surface area (Å²) in [6.07, 6.45) is 1.44. The monoisotopic (exact) mass is 277 g/mol. The van der Waals surface area contributed by atoms with Crippen molar-refractivity contribution in [1.82, 2.24) is 4.90 Å². The number of aliphatic hydroxyl groups is 1. The second kappa shape index (κ2) is 7.42. The predicted molar refractivity (Wildman–Crippen MR) is 80.8 cm³/mol. The number of rotatable bonds is 5. The zero-order valence-corrected chi connectivity index (χ0v) is 12.8. The lowest BCUT2D eigenvalue weighted by atomic mass is 9.99. The predicted octanol–water partition coefficient (Wildman–Crippen LogP) is 3.18.